The number of benzene rings is 1. The zero-order chi connectivity index (χ0) is 10.8. The molecule has 0 aliphatic carbocycles. The highest BCUT2D eigenvalue weighted by Gasteiger charge is 2.27. The van der Waals surface area contributed by atoms with E-state index in [9.17, 15) is 4.79 Å². The standard InChI is InChI=1S/C12H15NO2/c1-8-4-3-5-9-6-7-13-11(10(8)9)12(14)15-2/h3-5,11,13H,6-7H2,1-2H3. The topological polar surface area (TPSA) is 38.3 Å². The van der Waals surface area contributed by atoms with Crippen molar-refractivity contribution in [3.8, 4) is 0 Å². The SMILES string of the molecule is COC(=O)C1NCCc2cccc(C)c21. The minimum atomic E-state index is -0.292. The molecule has 3 nitrogen and oxygen atoms in total. The van der Waals surface area contributed by atoms with Gasteiger partial charge < -0.3 is 10.1 Å². The number of carbonyl (C=O) groups excluding carboxylic acids is 1. The quantitative estimate of drug-likeness (QED) is 0.703. The van der Waals surface area contributed by atoms with E-state index in [0.29, 0.717) is 0 Å². The zero-order valence-electron chi connectivity index (χ0n) is 9.04. The van der Waals surface area contributed by atoms with E-state index in [0.717, 1.165) is 24.1 Å². The van der Waals surface area contributed by atoms with E-state index in [1.165, 1.54) is 12.7 Å². The van der Waals surface area contributed by atoms with Crippen LogP contribution in [0.2, 0.25) is 0 Å². The molecule has 3 heteroatoms. The van der Waals surface area contributed by atoms with E-state index in [-0.39, 0.29) is 12.0 Å². The number of esters is 1. The first-order chi connectivity index (χ1) is 7.24. The molecule has 1 aromatic rings. The Morgan fingerprint density at radius 3 is 3.07 bits per heavy atom. The van der Waals surface area contributed by atoms with Gasteiger partial charge in [-0.2, -0.15) is 0 Å². The Bertz CT molecular complexity index is 387. The summed E-state index contributed by atoms with van der Waals surface area (Å²) in [6, 6.07) is 5.86. The molecule has 0 spiro atoms. The molecule has 0 fully saturated rings. The molecule has 1 aliphatic heterocycles. The Hall–Kier alpha value is -1.35. The van der Waals surface area contributed by atoms with Gasteiger partial charge in [0.2, 0.25) is 0 Å². The average Bonchev–Trinajstić information content (AvgIpc) is 2.28. The third-order valence-electron chi connectivity index (χ3n) is 2.88. The number of carbonyl (C=O) groups is 1. The van der Waals surface area contributed by atoms with Crippen molar-refractivity contribution in [1.29, 1.82) is 0 Å². The Morgan fingerprint density at radius 1 is 1.53 bits per heavy atom. The van der Waals surface area contributed by atoms with Gasteiger partial charge in [-0.05, 0) is 30.0 Å². The van der Waals surface area contributed by atoms with Crippen LogP contribution in [0.4, 0.5) is 0 Å². The highest BCUT2D eigenvalue weighted by Crippen LogP contribution is 2.26. The third kappa shape index (κ3) is 1.75. The van der Waals surface area contributed by atoms with E-state index < -0.39 is 0 Å². The van der Waals surface area contributed by atoms with Gasteiger partial charge in [-0.3, -0.25) is 0 Å². The summed E-state index contributed by atoms with van der Waals surface area (Å²) >= 11 is 0. The molecule has 0 amide bonds. The lowest BCUT2D eigenvalue weighted by Crippen LogP contribution is -2.36. The minimum Gasteiger partial charge on any atom is -0.468 e. The molecule has 15 heavy (non-hydrogen) atoms. The summed E-state index contributed by atoms with van der Waals surface area (Å²) in [6.45, 7) is 2.86. The van der Waals surface area contributed by atoms with Crippen molar-refractivity contribution in [3.63, 3.8) is 0 Å². The first kappa shape index (κ1) is 10.2. The number of nitrogens with one attached hydrogen (secondary N) is 1. The maximum atomic E-state index is 11.6. The first-order valence-corrected chi connectivity index (χ1v) is 5.13. The fourth-order valence-corrected chi connectivity index (χ4v) is 2.14. The Kier molecular flexibility index (Phi) is 2.73. The number of hydrogen-bond donors (Lipinski definition) is 1. The molecule has 0 saturated heterocycles. The predicted molar refractivity (Wildman–Crippen MR) is 57.6 cm³/mol. The van der Waals surface area contributed by atoms with Crippen LogP contribution in [0, 0.1) is 6.92 Å². The fourth-order valence-electron chi connectivity index (χ4n) is 2.14. The maximum Gasteiger partial charge on any atom is 0.327 e. The Balaban J connectivity index is 2.45. The molecule has 1 heterocycles. The molecule has 0 radical (unpaired) electrons. The van der Waals surface area contributed by atoms with Crippen molar-refractivity contribution in [2.75, 3.05) is 13.7 Å². The lowest BCUT2D eigenvalue weighted by Gasteiger charge is -2.26. The van der Waals surface area contributed by atoms with Crippen LogP contribution in [0.15, 0.2) is 18.2 Å². The third-order valence-corrected chi connectivity index (χ3v) is 2.88. The summed E-state index contributed by atoms with van der Waals surface area (Å²) in [5.74, 6) is -0.203. The number of hydrogen-bond acceptors (Lipinski definition) is 3. The van der Waals surface area contributed by atoms with Crippen LogP contribution in [-0.4, -0.2) is 19.6 Å². The Labute approximate surface area is 89.4 Å². The van der Waals surface area contributed by atoms with E-state index in [4.69, 9.17) is 4.74 Å². The molecule has 80 valence electrons. The molecule has 1 N–H and O–H groups in total. The van der Waals surface area contributed by atoms with Crippen LogP contribution in [-0.2, 0) is 16.0 Å². The summed E-state index contributed by atoms with van der Waals surface area (Å²) < 4.78 is 4.80. The molecular weight excluding hydrogens is 190 g/mol. The lowest BCUT2D eigenvalue weighted by molar-refractivity contribution is -0.143. The average molecular weight is 205 g/mol. The number of aryl methyl sites for hydroxylation is 1. The zero-order valence-corrected chi connectivity index (χ0v) is 9.04. The molecule has 0 aromatic heterocycles. The van der Waals surface area contributed by atoms with Crippen molar-refractivity contribution >= 4 is 5.97 Å². The summed E-state index contributed by atoms with van der Waals surface area (Å²) in [4.78, 5) is 11.6. The predicted octanol–water partition coefficient (Wildman–Crippen LogP) is 1.35. The van der Waals surface area contributed by atoms with Gasteiger partial charge in [0.05, 0.1) is 7.11 Å². The molecule has 1 atom stereocenters. The van der Waals surface area contributed by atoms with Crippen LogP contribution in [0.1, 0.15) is 22.7 Å². The van der Waals surface area contributed by atoms with Gasteiger partial charge >= 0.3 is 5.97 Å². The lowest BCUT2D eigenvalue weighted by atomic mass is 9.90. The van der Waals surface area contributed by atoms with Crippen molar-refractivity contribution in [2.24, 2.45) is 0 Å². The van der Waals surface area contributed by atoms with E-state index in [1.807, 2.05) is 19.1 Å². The molecule has 0 saturated carbocycles. The molecule has 1 unspecified atom stereocenters. The van der Waals surface area contributed by atoms with Crippen molar-refractivity contribution < 1.29 is 9.53 Å². The normalized spacial score (nSPS) is 19.5. The fraction of sp³-hybridized carbons (Fsp3) is 0.417. The molecular formula is C12H15NO2. The van der Waals surface area contributed by atoms with Crippen molar-refractivity contribution in [3.05, 3.63) is 34.9 Å². The van der Waals surface area contributed by atoms with Gasteiger partial charge in [-0.15, -0.1) is 0 Å². The van der Waals surface area contributed by atoms with Crippen molar-refractivity contribution in [1.82, 2.24) is 5.32 Å². The van der Waals surface area contributed by atoms with E-state index in [2.05, 4.69) is 11.4 Å². The minimum absolute atomic E-state index is 0.203. The number of rotatable bonds is 1. The number of fused-ring (bicyclic) bond motifs is 1. The van der Waals surface area contributed by atoms with E-state index in [1.54, 1.807) is 0 Å². The Morgan fingerprint density at radius 2 is 2.33 bits per heavy atom. The highest BCUT2D eigenvalue weighted by atomic mass is 16.5. The van der Waals surface area contributed by atoms with Crippen LogP contribution >= 0.6 is 0 Å². The maximum absolute atomic E-state index is 11.6. The van der Waals surface area contributed by atoms with Crippen LogP contribution in [0.5, 0.6) is 0 Å². The summed E-state index contributed by atoms with van der Waals surface area (Å²) in [6.07, 6.45) is 0.977. The summed E-state index contributed by atoms with van der Waals surface area (Å²) in [5.41, 5.74) is 3.50. The summed E-state index contributed by atoms with van der Waals surface area (Å²) in [7, 11) is 1.43. The number of ether oxygens (including phenoxy) is 1. The van der Waals surface area contributed by atoms with E-state index >= 15 is 0 Å². The van der Waals surface area contributed by atoms with Gasteiger partial charge in [-0.1, -0.05) is 18.2 Å². The largest absolute Gasteiger partial charge is 0.468 e. The van der Waals surface area contributed by atoms with Gasteiger partial charge in [0.1, 0.15) is 6.04 Å². The molecule has 0 bridgehead atoms. The second-order valence-electron chi connectivity index (χ2n) is 3.81. The van der Waals surface area contributed by atoms with Crippen molar-refractivity contribution in [2.45, 2.75) is 19.4 Å². The van der Waals surface area contributed by atoms with Gasteiger partial charge in [0, 0.05) is 6.54 Å². The second kappa shape index (κ2) is 4.03. The first-order valence-electron chi connectivity index (χ1n) is 5.13. The highest BCUT2D eigenvalue weighted by molar-refractivity contribution is 5.79. The van der Waals surface area contributed by atoms with Gasteiger partial charge in [0.15, 0.2) is 0 Å². The molecule has 1 aromatic carbocycles. The van der Waals surface area contributed by atoms with Gasteiger partial charge in [-0.25, -0.2) is 4.79 Å². The number of methoxy groups -OCH3 is 1. The van der Waals surface area contributed by atoms with Crippen LogP contribution in [0.25, 0.3) is 0 Å². The smallest absolute Gasteiger partial charge is 0.327 e. The summed E-state index contributed by atoms with van der Waals surface area (Å²) in [5, 5.41) is 3.19. The van der Waals surface area contributed by atoms with Crippen LogP contribution < -0.4 is 5.32 Å². The molecule has 2 rings (SSSR count). The molecule has 1 aliphatic rings. The second-order valence-corrected chi connectivity index (χ2v) is 3.81. The van der Waals surface area contributed by atoms with Crippen LogP contribution in [0.3, 0.4) is 0 Å². The monoisotopic (exact) mass is 205 g/mol. The van der Waals surface area contributed by atoms with Gasteiger partial charge in [0.25, 0.3) is 0 Å².